The molecule has 3 heterocycles. The number of anilines is 2. The summed E-state index contributed by atoms with van der Waals surface area (Å²) in [4.78, 5) is 34.4. The molecule has 1 fully saturated rings. The predicted molar refractivity (Wildman–Crippen MR) is 119 cm³/mol. The first-order valence-electron chi connectivity index (χ1n) is 9.77. The van der Waals surface area contributed by atoms with Gasteiger partial charge in [-0.15, -0.1) is 11.8 Å². The van der Waals surface area contributed by atoms with Gasteiger partial charge in [0.05, 0.1) is 17.3 Å². The Kier molecular flexibility index (Phi) is 6.63. The van der Waals surface area contributed by atoms with Crippen molar-refractivity contribution in [2.75, 3.05) is 29.1 Å². The largest absolute Gasteiger partial charge is 0.439 e. The standard InChI is InChI=1S/C22H21N5O3S/c28-21(25-12-13-31-20-8-4-5-10-24-20)26-19-14-17(9-11-23-19)27-15-18(30-22(27)29)16-6-2-1-3-7-16/h1-11,14,18H,12-13,15H2,(H2,23,25,26,28). The molecule has 0 spiro atoms. The van der Waals surface area contributed by atoms with E-state index in [2.05, 4.69) is 20.6 Å². The van der Waals surface area contributed by atoms with Crippen molar-refractivity contribution < 1.29 is 14.3 Å². The molecule has 1 aromatic carbocycles. The molecular formula is C22H21N5O3S. The van der Waals surface area contributed by atoms with E-state index < -0.39 is 6.09 Å². The number of aromatic nitrogens is 2. The summed E-state index contributed by atoms with van der Waals surface area (Å²) < 4.78 is 5.50. The van der Waals surface area contributed by atoms with Crippen molar-refractivity contribution in [3.05, 3.63) is 78.6 Å². The van der Waals surface area contributed by atoms with Crippen LogP contribution in [-0.4, -0.2) is 40.9 Å². The van der Waals surface area contributed by atoms with Crippen LogP contribution < -0.4 is 15.5 Å². The lowest BCUT2D eigenvalue weighted by Gasteiger charge is -2.14. The summed E-state index contributed by atoms with van der Waals surface area (Å²) in [5.74, 6) is 1.04. The van der Waals surface area contributed by atoms with E-state index in [-0.39, 0.29) is 12.1 Å². The molecule has 8 nitrogen and oxygen atoms in total. The van der Waals surface area contributed by atoms with Gasteiger partial charge in [0, 0.05) is 30.8 Å². The fourth-order valence-corrected chi connectivity index (χ4v) is 3.81. The first-order chi connectivity index (χ1) is 15.2. The highest BCUT2D eigenvalue weighted by Gasteiger charge is 2.33. The van der Waals surface area contributed by atoms with Crippen LogP contribution in [-0.2, 0) is 4.74 Å². The summed E-state index contributed by atoms with van der Waals surface area (Å²) in [5, 5.41) is 6.39. The van der Waals surface area contributed by atoms with E-state index in [1.165, 1.54) is 4.90 Å². The summed E-state index contributed by atoms with van der Waals surface area (Å²) >= 11 is 1.56. The molecular weight excluding hydrogens is 414 g/mol. The van der Waals surface area contributed by atoms with Gasteiger partial charge in [0.25, 0.3) is 0 Å². The third kappa shape index (κ3) is 5.52. The van der Waals surface area contributed by atoms with E-state index >= 15 is 0 Å². The average molecular weight is 436 g/mol. The first-order valence-corrected chi connectivity index (χ1v) is 10.8. The summed E-state index contributed by atoms with van der Waals surface area (Å²) in [6, 6.07) is 18.3. The van der Waals surface area contributed by atoms with Crippen molar-refractivity contribution in [1.29, 1.82) is 0 Å². The molecule has 0 aliphatic carbocycles. The summed E-state index contributed by atoms with van der Waals surface area (Å²) in [6.07, 6.45) is 2.52. The predicted octanol–water partition coefficient (Wildman–Crippen LogP) is 4.09. The maximum atomic E-state index is 12.4. The van der Waals surface area contributed by atoms with Gasteiger partial charge in [-0.05, 0) is 23.8 Å². The molecule has 3 amide bonds. The normalized spacial score (nSPS) is 15.4. The maximum Gasteiger partial charge on any atom is 0.415 e. The molecule has 1 aliphatic heterocycles. The van der Waals surface area contributed by atoms with Crippen LogP contribution in [0.2, 0.25) is 0 Å². The highest BCUT2D eigenvalue weighted by Crippen LogP contribution is 2.30. The smallest absolute Gasteiger partial charge is 0.415 e. The van der Waals surface area contributed by atoms with Crippen LogP contribution in [0.15, 0.2) is 78.1 Å². The second-order valence-electron chi connectivity index (χ2n) is 6.69. The van der Waals surface area contributed by atoms with E-state index in [1.54, 1.807) is 36.3 Å². The second kappa shape index (κ2) is 9.94. The number of hydrogen-bond acceptors (Lipinski definition) is 6. The Hall–Kier alpha value is -3.59. The number of thioether (sulfide) groups is 1. The van der Waals surface area contributed by atoms with E-state index in [0.29, 0.717) is 30.3 Å². The van der Waals surface area contributed by atoms with Gasteiger partial charge in [-0.2, -0.15) is 0 Å². The van der Waals surface area contributed by atoms with Gasteiger partial charge in [0.1, 0.15) is 11.9 Å². The molecule has 1 aliphatic rings. The molecule has 4 rings (SSSR count). The number of rotatable bonds is 7. The van der Waals surface area contributed by atoms with Gasteiger partial charge in [-0.1, -0.05) is 36.4 Å². The van der Waals surface area contributed by atoms with Crippen LogP contribution in [0.1, 0.15) is 11.7 Å². The number of nitrogens with one attached hydrogen (secondary N) is 2. The molecule has 2 N–H and O–H groups in total. The number of hydrogen-bond donors (Lipinski definition) is 2. The fraction of sp³-hybridized carbons (Fsp3) is 0.182. The third-order valence-corrected chi connectivity index (χ3v) is 5.50. The van der Waals surface area contributed by atoms with Crippen LogP contribution in [0.25, 0.3) is 0 Å². The lowest BCUT2D eigenvalue weighted by Crippen LogP contribution is -2.31. The minimum absolute atomic E-state index is 0.335. The van der Waals surface area contributed by atoms with Crippen LogP contribution in [0.3, 0.4) is 0 Å². The van der Waals surface area contributed by atoms with E-state index in [9.17, 15) is 9.59 Å². The molecule has 0 bridgehead atoms. The lowest BCUT2D eigenvalue weighted by molar-refractivity contribution is 0.142. The van der Waals surface area contributed by atoms with Crippen LogP contribution in [0, 0.1) is 0 Å². The van der Waals surface area contributed by atoms with Gasteiger partial charge >= 0.3 is 12.1 Å². The van der Waals surface area contributed by atoms with Gasteiger partial charge in [0.15, 0.2) is 0 Å². The van der Waals surface area contributed by atoms with Crippen molar-refractivity contribution in [3.63, 3.8) is 0 Å². The summed E-state index contributed by atoms with van der Waals surface area (Å²) in [5.41, 5.74) is 1.55. The molecule has 0 saturated carbocycles. The Morgan fingerprint density at radius 1 is 1.10 bits per heavy atom. The van der Waals surface area contributed by atoms with Crippen molar-refractivity contribution in [2.24, 2.45) is 0 Å². The van der Waals surface area contributed by atoms with Crippen LogP contribution in [0.4, 0.5) is 21.1 Å². The zero-order valence-corrected chi connectivity index (χ0v) is 17.4. The Balaban J connectivity index is 1.30. The quantitative estimate of drug-likeness (QED) is 0.429. The molecule has 1 atom stereocenters. The monoisotopic (exact) mass is 435 g/mol. The zero-order valence-electron chi connectivity index (χ0n) is 16.6. The van der Waals surface area contributed by atoms with Gasteiger partial charge in [-0.25, -0.2) is 19.6 Å². The number of nitrogens with zero attached hydrogens (tertiary/aromatic N) is 3. The number of carbonyl (C=O) groups is 2. The third-order valence-electron chi connectivity index (χ3n) is 4.56. The van der Waals surface area contributed by atoms with Crippen molar-refractivity contribution >= 4 is 35.4 Å². The number of pyridine rings is 2. The number of ether oxygens (including phenoxy) is 1. The Morgan fingerprint density at radius 2 is 1.94 bits per heavy atom. The first kappa shape index (κ1) is 20.7. The highest BCUT2D eigenvalue weighted by atomic mass is 32.2. The summed E-state index contributed by atoms with van der Waals surface area (Å²) in [6.45, 7) is 0.868. The summed E-state index contributed by atoms with van der Waals surface area (Å²) in [7, 11) is 0. The number of cyclic esters (lactones) is 1. The Labute approximate surface area is 184 Å². The number of urea groups is 1. The van der Waals surface area contributed by atoms with Gasteiger partial charge in [0.2, 0.25) is 0 Å². The topological polar surface area (TPSA) is 96.5 Å². The molecule has 1 unspecified atom stereocenters. The molecule has 0 radical (unpaired) electrons. The van der Waals surface area contributed by atoms with Crippen molar-refractivity contribution in [2.45, 2.75) is 11.1 Å². The van der Waals surface area contributed by atoms with Gasteiger partial charge in [-0.3, -0.25) is 10.2 Å². The lowest BCUT2D eigenvalue weighted by atomic mass is 10.1. The highest BCUT2D eigenvalue weighted by molar-refractivity contribution is 7.99. The number of benzene rings is 1. The second-order valence-corrected chi connectivity index (χ2v) is 7.81. The van der Waals surface area contributed by atoms with E-state index in [0.717, 1.165) is 10.6 Å². The molecule has 9 heteroatoms. The Morgan fingerprint density at radius 3 is 2.74 bits per heavy atom. The molecule has 1 saturated heterocycles. The molecule has 31 heavy (non-hydrogen) atoms. The van der Waals surface area contributed by atoms with E-state index in [1.807, 2.05) is 48.5 Å². The zero-order chi connectivity index (χ0) is 21.5. The number of amides is 3. The minimum Gasteiger partial charge on any atom is -0.439 e. The van der Waals surface area contributed by atoms with Crippen molar-refractivity contribution in [1.82, 2.24) is 15.3 Å². The maximum absolute atomic E-state index is 12.4. The average Bonchev–Trinajstić information content (AvgIpc) is 3.20. The SMILES string of the molecule is O=C(NCCSc1ccccn1)Nc1cc(N2CC(c3ccccc3)OC2=O)ccn1. The van der Waals surface area contributed by atoms with E-state index in [4.69, 9.17) is 4.74 Å². The van der Waals surface area contributed by atoms with Crippen LogP contribution in [0.5, 0.6) is 0 Å². The minimum atomic E-state index is -0.429. The Bertz CT molecular complexity index is 1040. The van der Waals surface area contributed by atoms with Crippen molar-refractivity contribution in [3.8, 4) is 0 Å². The van der Waals surface area contributed by atoms with Gasteiger partial charge < -0.3 is 10.1 Å². The fourth-order valence-electron chi connectivity index (χ4n) is 3.08. The molecule has 3 aromatic rings. The molecule has 158 valence electrons. The molecule has 2 aromatic heterocycles. The van der Waals surface area contributed by atoms with Crippen LogP contribution >= 0.6 is 11.8 Å². The number of carbonyl (C=O) groups excluding carboxylic acids is 2.